The van der Waals surface area contributed by atoms with Crippen LogP contribution in [0.5, 0.6) is 6.01 Å². The largest absolute Gasteiger partial charge is 0.461 e. The summed E-state index contributed by atoms with van der Waals surface area (Å²) in [5.74, 6) is 1.89. The van der Waals surface area contributed by atoms with Crippen LogP contribution in [-0.4, -0.2) is 37.7 Å². The highest BCUT2D eigenvalue weighted by molar-refractivity contribution is 5.35. The third-order valence-electron chi connectivity index (χ3n) is 2.27. The number of rotatable bonds is 7. The number of hydrogen-bond donors (Lipinski definition) is 2. The van der Waals surface area contributed by atoms with Crippen LogP contribution >= 0.6 is 0 Å². The van der Waals surface area contributed by atoms with Crippen LogP contribution in [0.2, 0.25) is 0 Å². The van der Waals surface area contributed by atoms with Crippen LogP contribution in [0.3, 0.4) is 0 Å². The molecule has 0 aromatic carbocycles. The zero-order valence-electron chi connectivity index (χ0n) is 12.5. The van der Waals surface area contributed by atoms with Crippen LogP contribution < -0.4 is 15.4 Å². The van der Waals surface area contributed by atoms with Gasteiger partial charge in [0.05, 0.1) is 12.6 Å². The lowest BCUT2D eigenvalue weighted by molar-refractivity contribution is 0.222. The van der Waals surface area contributed by atoms with Gasteiger partial charge in [0.2, 0.25) is 17.8 Å². The summed E-state index contributed by atoms with van der Waals surface area (Å²) < 4.78 is 10.4. The van der Waals surface area contributed by atoms with Crippen LogP contribution in [0.25, 0.3) is 0 Å². The Hall–Kier alpha value is -2.45. The van der Waals surface area contributed by atoms with Crippen molar-refractivity contribution in [3.63, 3.8) is 0 Å². The number of hydrogen-bond acceptors (Lipinski definition) is 9. The van der Waals surface area contributed by atoms with Crippen LogP contribution in [0.15, 0.2) is 4.52 Å². The lowest BCUT2D eigenvalue weighted by Gasteiger charge is -2.11. The SMILES string of the molecule is CCNc1nc(NCc2noc(C)n2)nc(OC(C)C)n1. The van der Waals surface area contributed by atoms with Crippen LogP contribution in [0, 0.1) is 6.92 Å². The summed E-state index contributed by atoms with van der Waals surface area (Å²) in [6.07, 6.45) is -0.0189. The van der Waals surface area contributed by atoms with Gasteiger partial charge in [0, 0.05) is 13.5 Å². The van der Waals surface area contributed by atoms with Crippen molar-refractivity contribution in [1.29, 1.82) is 0 Å². The van der Waals surface area contributed by atoms with E-state index < -0.39 is 0 Å². The van der Waals surface area contributed by atoms with Crippen molar-refractivity contribution in [2.24, 2.45) is 0 Å². The Labute approximate surface area is 122 Å². The smallest absolute Gasteiger partial charge is 0.323 e. The summed E-state index contributed by atoms with van der Waals surface area (Å²) in [6.45, 7) is 8.57. The van der Waals surface area contributed by atoms with E-state index in [0.29, 0.717) is 36.7 Å². The Bertz CT molecular complexity index is 585. The molecule has 0 aliphatic heterocycles. The highest BCUT2D eigenvalue weighted by atomic mass is 16.5. The Balaban J connectivity index is 2.10. The molecule has 21 heavy (non-hydrogen) atoms. The monoisotopic (exact) mass is 293 g/mol. The first-order valence-electron chi connectivity index (χ1n) is 6.76. The highest BCUT2D eigenvalue weighted by Gasteiger charge is 2.10. The van der Waals surface area contributed by atoms with E-state index in [-0.39, 0.29) is 12.1 Å². The molecule has 9 nitrogen and oxygen atoms in total. The first kappa shape index (κ1) is 14.9. The fourth-order valence-electron chi connectivity index (χ4n) is 1.51. The molecule has 2 rings (SSSR count). The normalized spacial score (nSPS) is 10.7. The molecule has 2 aromatic heterocycles. The molecular formula is C12H19N7O2. The van der Waals surface area contributed by atoms with Crippen molar-refractivity contribution < 1.29 is 9.26 Å². The van der Waals surface area contributed by atoms with Gasteiger partial charge < -0.3 is 19.9 Å². The molecule has 0 fully saturated rings. The number of ether oxygens (including phenoxy) is 1. The molecule has 0 radical (unpaired) electrons. The molecule has 2 N–H and O–H groups in total. The van der Waals surface area contributed by atoms with E-state index in [9.17, 15) is 0 Å². The maximum atomic E-state index is 5.51. The zero-order chi connectivity index (χ0) is 15.2. The van der Waals surface area contributed by atoms with Gasteiger partial charge in [-0.2, -0.15) is 19.9 Å². The Kier molecular flexibility index (Phi) is 4.85. The van der Waals surface area contributed by atoms with Crippen LogP contribution in [0.4, 0.5) is 11.9 Å². The van der Waals surface area contributed by atoms with E-state index in [4.69, 9.17) is 9.26 Å². The van der Waals surface area contributed by atoms with E-state index in [1.54, 1.807) is 6.92 Å². The van der Waals surface area contributed by atoms with E-state index >= 15 is 0 Å². The summed E-state index contributed by atoms with van der Waals surface area (Å²) in [5.41, 5.74) is 0. The fraction of sp³-hybridized carbons (Fsp3) is 0.583. The summed E-state index contributed by atoms with van der Waals surface area (Å²) in [6, 6.07) is 0.266. The van der Waals surface area contributed by atoms with Gasteiger partial charge in [-0.05, 0) is 20.8 Å². The highest BCUT2D eigenvalue weighted by Crippen LogP contribution is 2.13. The van der Waals surface area contributed by atoms with E-state index in [1.165, 1.54) is 0 Å². The quantitative estimate of drug-likeness (QED) is 0.782. The molecule has 0 amide bonds. The molecule has 2 heterocycles. The molecule has 0 aliphatic rings. The maximum absolute atomic E-state index is 5.51. The minimum atomic E-state index is -0.0189. The summed E-state index contributed by atoms with van der Waals surface area (Å²) in [5, 5.41) is 9.85. The lowest BCUT2D eigenvalue weighted by Crippen LogP contribution is -2.14. The molecule has 0 atom stereocenters. The fourth-order valence-corrected chi connectivity index (χ4v) is 1.51. The minimum absolute atomic E-state index is 0.0189. The van der Waals surface area contributed by atoms with Gasteiger partial charge in [-0.25, -0.2) is 0 Å². The Morgan fingerprint density at radius 1 is 1.10 bits per heavy atom. The number of nitrogens with one attached hydrogen (secondary N) is 2. The molecule has 0 unspecified atom stereocenters. The van der Waals surface area contributed by atoms with Gasteiger partial charge in [-0.1, -0.05) is 5.16 Å². The van der Waals surface area contributed by atoms with Crippen molar-refractivity contribution in [2.45, 2.75) is 40.3 Å². The molecule has 2 aromatic rings. The molecule has 0 bridgehead atoms. The first-order valence-corrected chi connectivity index (χ1v) is 6.76. The van der Waals surface area contributed by atoms with Gasteiger partial charge >= 0.3 is 6.01 Å². The summed E-state index contributed by atoms with van der Waals surface area (Å²) in [4.78, 5) is 16.7. The van der Waals surface area contributed by atoms with Crippen molar-refractivity contribution in [3.05, 3.63) is 11.7 Å². The summed E-state index contributed by atoms with van der Waals surface area (Å²) in [7, 11) is 0. The number of nitrogens with zero attached hydrogens (tertiary/aromatic N) is 5. The number of anilines is 2. The summed E-state index contributed by atoms with van der Waals surface area (Å²) >= 11 is 0. The van der Waals surface area contributed by atoms with E-state index in [0.717, 1.165) is 0 Å². The average Bonchev–Trinajstić information content (AvgIpc) is 2.82. The second-order valence-corrected chi connectivity index (χ2v) is 4.55. The zero-order valence-corrected chi connectivity index (χ0v) is 12.5. The maximum Gasteiger partial charge on any atom is 0.323 e. The van der Waals surface area contributed by atoms with Crippen molar-refractivity contribution in [2.75, 3.05) is 17.2 Å². The second kappa shape index (κ2) is 6.82. The van der Waals surface area contributed by atoms with Gasteiger partial charge in [0.1, 0.15) is 0 Å². The van der Waals surface area contributed by atoms with Gasteiger partial charge in [-0.3, -0.25) is 0 Å². The number of aromatic nitrogens is 5. The lowest BCUT2D eigenvalue weighted by atomic mass is 10.5. The molecule has 0 aliphatic carbocycles. The minimum Gasteiger partial charge on any atom is -0.461 e. The van der Waals surface area contributed by atoms with Crippen molar-refractivity contribution >= 4 is 11.9 Å². The molecule has 0 saturated carbocycles. The molecule has 0 spiro atoms. The predicted octanol–water partition coefficient (Wildman–Crippen LogP) is 1.39. The number of aryl methyl sites for hydroxylation is 1. The van der Waals surface area contributed by atoms with Crippen LogP contribution in [-0.2, 0) is 6.54 Å². The third-order valence-corrected chi connectivity index (χ3v) is 2.27. The molecular weight excluding hydrogens is 274 g/mol. The third kappa shape index (κ3) is 4.55. The Morgan fingerprint density at radius 3 is 2.38 bits per heavy atom. The topological polar surface area (TPSA) is 111 Å². The average molecular weight is 293 g/mol. The second-order valence-electron chi connectivity index (χ2n) is 4.55. The van der Waals surface area contributed by atoms with Crippen molar-refractivity contribution in [1.82, 2.24) is 25.1 Å². The molecule has 9 heteroatoms. The van der Waals surface area contributed by atoms with Gasteiger partial charge in [0.15, 0.2) is 5.82 Å². The van der Waals surface area contributed by atoms with Gasteiger partial charge in [-0.15, -0.1) is 0 Å². The molecule has 114 valence electrons. The predicted molar refractivity (Wildman–Crippen MR) is 76.1 cm³/mol. The standard InChI is InChI=1S/C12H19N7O2/c1-5-13-10-16-11(18-12(17-10)20-7(2)3)14-6-9-15-8(4)21-19-9/h7H,5-6H2,1-4H3,(H2,13,14,16,17,18). The van der Waals surface area contributed by atoms with Crippen molar-refractivity contribution in [3.8, 4) is 6.01 Å². The molecule has 0 saturated heterocycles. The first-order chi connectivity index (χ1) is 10.1. The van der Waals surface area contributed by atoms with E-state index in [1.807, 2.05) is 20.8 Å². The van der Waals surface area contributed by atoms with Gasteiger partial charge in [0.25, 0.3) is 0 Å². The Morgan fingerprint density at radius 2 is 1.81 bits per heavy atom. The van der Waals surface area contributed by atoms with E-state index in [2.05, 4.69) is 35.7 Å². The van der Waals surface area contributed by atoms with Crippen LogP contribution in [0.1, 0.15) is 32.5 Å².